The Morgan fingerprint density at radius 1 is 0.933 bits per heavy atom. The first-order chi connectivity index (χ1) is 6.88. The van der Waals surface area contributed by atoms with E-state index in [4.69, 9.17) is 0 Å². The molecule has 0 aliphatic heterocycles. The zero-order chi connectivity index (χ0) is 10.2. The molecule has 0 aromatic carbocycles. The van der Waals surface area contributed by atoms with Gasteiger partial charge in [0.1, 0.15) is 0 Å². The summed E-state index contributed by atoms with van der Waals surface area (Å²) in [7, 11) is 0. The van der Waals surface area contributed by atoms with Crippen molar-refractivity contribution in [2.75, 3.05) is 0 Å². The maximum atomic E-state index is 3.83. The van der Waals surface area contributed by atoms with Crippen molar-refractivity contribution in [3.63, 3.8) is 0 Å². The Balaban J connectivity index is 0.00000196. The molecule has 0 saturated carbocycles. The fourth-order valence-electron chi connectivity index (χ4n) is 1.95. The van der Waals surface area contributed by atoms with E-state index in [9.17, 15) is 0 Å². The summed E-state index contributed by atoms with van der Waals surface area (Å²) in [4.78, 5) is 0. The fraction of sp³-hybridized carbons (Fsp3) is 0.429. The maximum absolute atomic E-state index is 3.83. The van der Waals surface area contributed by atoms with Crippen LogP contribution in [0, 0.1) is 0 Å². The Morgan fingerprint density at radius 2 is 1.33 bits per heavy atom. The first kappa shape index (κ1) is 14.6. The van der Waals surface area contributed by atoms with Gasteiger partial charge >= 0.3 is 0 Å². The van der Waals surface area contributed by atoms with Crippen molar-refractivity contribution in [3.05, 3.63) is 48.6 Å². The summed E-state index contributed by atoms with van der Waals surface area (Å²) < 4.78 is 0. The Kier molecular flexibility index (Phi) is 8.61. The number of hydrogen-bond acceptors (Lipinski definition) is 0. The van der Waals surface area contributed by atoms with E-state index in [1.807, 2.05) is 12.2 Å². The molecule has 0 nitrogen and oxygen atoms in total. The minimum atomic E-state index is 0. The third kappa shape index (κ3) is 5.28. The summed E-state index contributed by atoms with van der Waals surface area (Å²) in [6, 6.07) is 0. The molecule has 0 amide bonds. The zero-order valence-corrected chi connectivity index (χ0v) is 11.1. The molecule has 0 fully saturated rings. The second-order valence-corrected chi connectivity index (χ2v) is 3.74. The summed E-state index contributed by atoms with van der Waals surface area (Å²) in [5, 5.41) is 0. The van der Waals surface area contributed by atoms with Gasteiger partial charge in [0, 0.05) is 19.5 Å². The van der Waals surface area contributed by atoms with Gasteiger partial charge in [0.25, 0.3) is 0 Å². The van der Waals surface area contributed by atoms with Crippen LogP contribution < -0.4 is 0 Å². The summed E-state index contributed by atoms with van der Waals surface area (Å²) in [6.45, 7) is 7.65. The van der Waals surface area contributed by atoms with E-state index in [0.29, 0.717) is 0 Å². The minimum Gasteiger partial charge on any atom is -0.103 e. The van der Waals surface area contributed by atoms with Crippen LogP contribution in [0.1, 0.15) is 38.5 Å². The van der Waals surface area contributed by atoms with E-state index in [2.05, 4.69) is 25.3 Å². The standard InChI is InChI=1S/C14H20.Ru/c1-3-9-13-11-7-5-6-8-12-14(13)10-4-2;/h3-6H,1-2,7-12H2;. The van der Waals surface area contributed by atoms with E-state index in [0.717, 1.165) is 12.8 Å². The Hall–Kier alpha value is -0.417. The van der Waals surface area contributed by atoms with Gasteiger partial charge in [-0.3, -0.25) is 0 Å². The molecule has 0 aromatic heterocycles. The van der Waals surface area contributed by atoms with Crippen LogP contribution in [0.2, 0.25) is 0 Å². The molecular formula is C14H20Ru. The molecule has 0 bridgehead atoms. The van der Waals surface area contributed by atoms with Gasteiger partial charge in [-0.05, 0) is 38.5 Å². The van der Waals surface area contributed by atoms with Crippen molar-refractivity contribution >= 4 is 0 Å². The van der Waals surface area contributed by atoms with Gasteiger partial charge in [0.15, 0.2) is 0 Å². The molecule has 1 aliphatic carbocycles. The number of rotatable bonds is 4. The molecule has 1 rings (SSSR count). The molecule has 84 valence electrons. The van der Waals surface area contributed by atoms with Crippen molar-refractivity contribution in [2.45, 2.75) is 38.5 Å². The van der Waals surface area contributed by atoms with E-state index in [1.165, 1.54) is 25.7 Å². The Morgan fingerprint density at radius 3 is 1.67 bits per heavy atom. The predicted molar refractivity (Wildman–Crippen MR) is 64.3 cm³/mol. The Labute approximate surface area is 107 Å². The monoisotopic (exact) mass is 290 g/mol. The normalized spacial score (nSPS) is 16.3. The summed E-state index contributed by atoms with van der Waals surface area (Å²) >= 11 is 0. The van der Waals surface area contributed by atoms with Gasteiger partial charge in [0.05, 0.1) is 0 Å². The molecule has 0 spiro atoms. The van der Waals surface area contributed by atoms with Crippen LogP contribution in [0.3, 0.4) is 0 Å². The van der Waals surface area contributed by atoms with E-state index in [-0.39, 0.29) is 19.5 Å². The van der Waals surface area contributed by atoms with Gasteiger partial charge in [-0.25, -0.2) is 0 Å². The van der Waals surface area contributed by atoms with Crippen molar-refractivity contribution < 1.29 is 19.5 Å². The van der Waals surface area contributed by atoms with Crippen LogP contribution in [-0.4, -0.2) is 0 Å². The first-order valence-electron chi connectivity index (χ1n) is 5.45. The van der Waals surface area contributed by atoms with Crippen LogP contribution in [0.4, 0.5) is 0 Å². The first-order valence-corrected chi connectivity index (χ1v) is 5.45. The van der Waals surface area contributed by atoms with Crippen molar-refractivity contribution in [1.82, 2.24) is 0 Å². The molecule has 0 unspecified atom stereocenters. The van der Waals surface area contributed by atoms with Gasteiger partial charge in [-0.2, -0.15) is 0 Å². The summed E-state index contributed by atoms with van der Waals surface area (Å²) in [5.74, 6) is 0. The van der Waals surface area contributed by atoms with Gasteiger partial charge in [0.2, 0.25) is 0 Å². The van der Waals surface area contributed by atoms with Crippen LogP contribution in [-0.2, 0) is 19.5 Å². The van der Waals surface area contributed by atoms with Gasteiger partial charge < -0.3 is 0 Å². The quantitative estimate of drug-likeness (QED) is 0.525. The SMILES string of the molecule is C=CCC1=C(CC=C)CCC=CCC1.[Ru]. The van der Waals surface area contributed by atoms with E-state index >= 15 is 0 Å². The van der Waals surface area contributed by atoms with Crippen molar-refractivity contribution in [3.8, 4) is 0 Å². The molecule has 0 radical (unpaired) electrons. The average Bonchev–Trinajstić information content (AvgIpc) is 2.16. The average molecular weight is 289 g/mol. The minimum absolute atomic E-state index is 0. The van der Waals surface area contributed by atoms with E-state index in [1.54, 1.807) is 11.1 Å². The molecule has 0 aromatic rings. The molecule has 0 atom stereocenters. The predicted octanol–water partition coefficient (Wildman–Crippen LogP) is 4.56. The van der Waals surface area contributed by atoms with Gasteiger partial charge in [-0.15, -0.1) is 13.2 Å². The zero-order valence-electron chi connectivity index (χ0n) is 9.32. The van der Waals surface area contributed by atoms with Crippen LogP contribution in [0.25, 0.3) is 0 Å². The largest absolute Gasteiger partial charge is 0.103 e. The molecule has 0 heterocycles. The third-order valence-corrected chi connectivity index (χ3v) is 2.67. The molecule has 0 saturated heterocycles. The summed E-state index contributed by atoms with van der Waals surface area (Å²) in [5.41, 5.74) is 3.17. The van der Waals surface area contributed by atoms with E-state index < -0.39 is 0 Å². The Bertz CT molecular complexity index is 233. The van der Waals surface area contributed by atoms with Crippen LogP contribution in [0.15, 0.2) is 48.6 Å². The molecule has 1 aliphatic rings. The van der Waals surface area contributed by atoms with Crippen LogP contribution >= 0.6 is 0 Å². The smallest absolute Gasteiger partial charge is 0 e. The maximum Gasteiger partial charge on any atom is 0 e. The fourth-order valence-corrected chi connectivity index (χ4v) is 1.95. The third-order valence-electron chi connectivity index (χ3n) is 2.67. The molecular weight excluding hydrogens is 269 g/mol. The molecule has 1 heteroatoms. The number of hydrogen-bond donors (Lipinski definition) is 0. The van der Waals surface area contributed by atoms with Crippen LogP contribution in [0.5, 0.6) is 0 Å². The molecule has 15 heavy (non-hydrogen) atoms. The topological polar surface area (TPSA) is 0 Å². The summed E-state index contributed by atoms with van der Waals surface area (Å²) in [6.07, 6.45) is 15.5. The van der Waals surface area contributed by atoms with Gasteiger partial charge in [-0.1, -0.05) is 35.5 Å². The number of allylic oxidation sites excluding steroid dienone is 6. The second-order valence-electron chi connectivity index (χ2n) is 3.74. The van der Waals surface area contributed by atoms with Crippen molar-refractivity contribution in [1.29, 1.82) is 0 Å². The molecule has 0 N–H and O–H groups in total. The van der Waals surface area contributed by atoms with Crippen molar-refractivity contribution in [2.24, 2.45) is 0 Å². The second kappa shape index (κ2) is 8.86.